The van der Waals surface area contributed by atoms with Gasteiger partial charge in [-0.3, -0.25) is 9.78 Å². The summed E-state index contributed by atoms with van der Waals surface area (Å²) in [4.78, 5) is 21.4. The Morgan fingerprint density at radius 2 is 1.88 bits per heavy atom. The highest BCUT2D eigenvalue weighted by atomic mass is 19.4. The number of carbonyl (C=O) groups is 1. The van der Waals surface area contributed by atoms with E-state index in [-0.39, 0.29) is 30.0 Å². The van der Waals surface area contributed by atoms with Crippen LogP contribution in [0.25, 0.3) is 11.0 Å². The Bertz CT molecular complexity index is 1570. The molecule has 1 saturated heterocycles. The second-order valence-corrected chi connectivity index (χ2v) is 9.97. The molecule has 2 aromatic carbocycles. The van der Waals surface area contributed by atoms with Crippen molar-refractivity contribution in [3.63, 3.8) is 0 Å². The summed E-state index contributed by atoms with van der Waals surface area (Å²) in [7, 11) is 3.20. The predicted octanol–water partition coefficient (Wildman–Crippen LogP) is 5.47. The second kappa shape index (κ2) is 12.3. The van der Waals surface area contributed by atoms with Crippen LogP contribution in [0, 0.1) is 11.7 Å². The lowest BCUT2D eigenvalue weighted by Crippen LogP contribution is -2.39. The van der Waals surface area contributed by atoms with Crippen LogP contribution in [0.15, 0.2) is 54.7 Å². The quantitative estimate of drug-likeness (QED) is 0.224. The van der Waals surface area contributed by atoms with Gasteiger partial charge in [0.25, 0.3) is 0 Å². The standard InChI is InChI=1S/C29H30F4N6O3/c1-39-25-6-4-19(14-23(25)38-28(39)37-22-13-18(29(31,32)33)3-5-21(22)30)42-20-9-12-35-24(15-20)26(41-2)16-36-27(40)17-7-10-34-11-8-17/h3-6,9,12-15,17,26,34H,7-8,10-11,16H2,1-2H3,(H,36,40)(H,37,38). The van der Waals surface area contributed by atoms with Gasteiger partial charge in [-0.1, -0.05) is 0 Å². The van der Waals surface area contributed by atoms with E-state index in [0.717, 1.165) is 32.0 Å². The van der Waals surface area contributed by atoms with Gasteiger partial charge in [0.2, 0.25) is 11.9 Å². The van der Waals surface area contributed by atoms with Crippen molar-refractivity contribution >= 4 is 28.6 Å². The first-order valence-electron chi connectivity index (χ1n) is 13.4. The summed E-state index contributed by atoms with van der Waals surface area (Å²) in [5, 5.41) is 8.87. The molecule has 0 saturated carbocycles. The summed E-state index contributed by atoms with van der Waals surface area (Å²) in [5.74, 6) is 0.218. The Balaban J connectivity index is 1.29. The summed E-state index contributed by atoms with van der Waals surface area (Å²) in [6.45, 7) is 1.91. The zero-order chi connectivity index (χ0) is 29.9. The van der Waals surface area contributed by atoms with Gasteiger partial charge in [0.15, 0.2) is 0 Å². The van der Waals surface area contributed by atoms with Crippen LogP contribution in [0.2, 0.25) is 0 Å². The predicted molar refractivity (Wildman–Crippen MR) is 148 cm³/mol. The van der Waals surface area contributed by atoms with E-state index in [1.807, 2.05) is 0 Å². The first-order valence-corrected chi connectivity index (χ1v) is 13.4. The molecule has 0 radical (unpaired) electrons. The molecule has 0 bridgehead atoms. The van der Waals surface area contributed by atoms with E-state index >= 15 is 0 Å². The molecule has 0 spiro atoms. The third-order valence-corrected chi connectivity index (χ3v) is 7.17. The lowest BCUT2D eigenvalue weighted by molar-refractivity contribution is -0.137. The molecule has 2 aromatic heterocycles. The molecule has 1 aliphatic heterocycles. The van der Waals surface area contributed by atoms with Crippen molar-refractivity contribution in [2.75, 3.05) is 32.1 Å². The molecule has 3 heterocycles. The maximum atomic E-state index is 14.3. The lowest BCUT2D eigenvalue weighted by atomic mass is 9.97. The summed E-state index contributed by atoms with van der Waals surface area (Å²) in [5.41, 5.74) is 0.390. The number of ether oxygens (including phenoxy) is 2. The van der Waals surface area contributed by atoms with E-state index in [1.54, 1.807) is 55.3 Å². The monoisotopic (exact) mass is 586 g/mol. The molecular weight excluding hydrogens is 556 g/mol. The number of halogens is 4. The largest absolute Gasteiger partial charge is 0.457 e. The van der Waals surface area contributed by atoms with Crippen LogP contribution < -0.4 is 20.7 Å². The number of nitrogens with one attached hydrogen (secondary N) is 3. The maximum absolute atomic E-state index is 14.3. The second-order valence-electron chi connectivity index (χ2n) is 9.97. The molecule has 1 aliphatic rings. The number of aryl methyl sites for hydroxylation is 1. The molecule has 4 aromatic rings. The van der Waals surface area contributed by atoms with E-state index in [2.05, 4.69) is 25.9 Å². The van der Waals surface area contributed by atoms with Crippen molar-refractivity contribution in [2.45, 2.75) is 25.1 Å². The number of nitrogens with zero attached hydrogens (tertiary/aromatic N) is 3. The van der Waals surface area contributed by atoms with Crippen LogP contribution in [-0.4, -0.2) is 47.2 Å². The van der Waals surface area contributed by atoms with Gasteiger partial charge < -0.3 is 30.0 Å². The van der Waals surface area contributed by atoms with E-state index in [0.29, 0.717) is 40.4 Å². The molecule has 9 nitrogen and oxygen atoms in total. The average Bonchev–Trinajstić information content (AvgIpc) is 3.28. The van der Waals surface area contributed by atoms with Crippen molar-refractivity contribution in [1.82, 2.24) is 25.2 Å². The van der Waals surface area contributed by atoms with Crippen molar-refractivity contribution in [3.05, 3.63) is 71.8 Å². The Labute approximate surface area is 239 Å². The third kappa shape index (κ3) is 6.63. The van der Waals surface area contributed by atoms with Crippen LogP contribution in [-0.2, 0) is 22.8 Å². The smallest absolute Gasteiger partial charge is 0.416 e. The molecule has 222 valence electrons. The molecule has 0 aliphatic carbocycles. The number of amides is 1. The average molecular weight is 587 g/mol. The Hall–Kier alpha value is -4.23. The van der Waals surface area contributed by atoms with E-state index in [4.69, 9.17) is 9.47 Å². The molecular formula is C29H30F4N6O3. The molecule has 3 N–H and O–H groups in total. The van der Waals surface area contributed by atoms with Gasteiger partial charge in [-0.15, -0.1) is 0 Å². The molecule has 1 amide bonds. The van der Waals surface area contributed by atoms with Gasteiger partial charge in [0.1, 0.15) is 23.4 Å². The van der Waals surface area contributed by atoms with Gasteiger partial charge in [-0.2, -0.15) is 13.2 Å². The number of carbonyl (C=O) groups excluding carboxylic acids is 1. The fourth-order valence-corrected chi connectivity index (χ4v) is 4.81. The zero-order valence-corrected chi connectivity index (χ0v) is 23.0. The van der Waals surface area contributed by atoms with Gasteiger partial charge in [0, 0.05) is 44.9 Å². The summed E-state index contributed by atoms with van der Waals surface area (Å²) >= 11 is 0. The number of benzene rings is 2. The first kappa shape index (κ1) is 29.3. The highest BCUT2D eigenvalue weighted by Gasteiger charge is 2.31. The van der Waals surface area contributed by atoms with E-state index < -0.39 is 23.7 Å². The van der Waals surface area contributed by atoms with E-state index in [1.165, 1.54) is 0 Å². The van der Waals surface area contributed by atoms with Crippen molar-refractivity contribution in [1.29, 1.82) is 0 Å². The molecule has 13 heteroatoms. The highest BCUT2D eigenvalue weighted by molar-refractivity contribution is 5.81. The highest BCUT2D eigenvalue weighted by Crippen LogP contribution is 2.34. The van der Waals surface area contributed by atoms with Crippen LogP contribution >= 0.6 is 0 Å². The third-order valence-electron chi connectivity index (χ3n) is 7.17. The number of methoxy groups -OCH3 is 1. The van der Waals surface area contributed by atoms with Gasteiger partial charge in [-0.05, 0) is 62.3 Å². The van der Waals surface area contributed by atoms with Crippen LogP contribution in [0.1, 0.15) is 30.2 Å². The Morgan fingerprint density at radius 3 is 2.62 bits per heavy atom. The van der Waals surface area contributed by atoms with Gasteiger partial charge in [0.05, 0.1) is 28.0 Å². The zero-order valence-electron chi connectivity index (χ0n) is 23.0. The van der Waals surface area contributed by atoms with Crippen LogP contribution in [0.3, 0.4) is 0 Å². The number of anilines is 2. The minimum atomic E-state index is -4.61. The number of hydrogen-bond acceptors (Lipinski definition) is 7. The van der Waals surface area contributed by atoms with Crippen LogP contribution in [0.5, 0.6) is 11.5 Å². The maximum Gasteiger partial charge on any atom is 0.416 e. The molecule has 1 fully saturated rings. The van der Waals surface area contributed by atoms with Crippen molar-refractivity contribution in [3.8, 4) is 11.5 Å². The van der Waals surface area contributed by atoms with Gasteiger partial charge in [-0.25, -0.2) is 9.37 Å². The number of pyridine rings is 1. The SMILES string of the molecule is COC(CNC(=O)C1CCNCC1)c1cc(Oc2ccc3c(c2)nc(Nc2cc(C(F)(F)F)ccc2F)n3C)ccn1. The molecule has 1 unspecified atom stereocenters. The Morgan fingerprint density at radius 1 is 1.12 bits per heavy atom. The topological polar surface area (TPSA) is 102 Å². The normalized spacial score (nSPS) is 15.0. The number of rotatable bonds is 9. The number of piperidine rings is 1. The van der Waals surface area contributed by atoms with E-state index in [9.17, 15) is 22.4 Å². The molecule has 1 atom stereocenters. The number of aromatic nitrogens is 3. The number of fused-ring (bicyclic) bond motifs is 1. The lowest BCUT2D eigenvalue weighted by Gasteiger charge is -2.23. The fourth-order valence-electron chi connectivity index (χ4n) is 4.81. The van der Waals surface area contributed by atoms with Crippen LogP contribution in [0.4, 0.5) is 29.2 Å². The number of alkyl halides is 3. The first-order chi connectivity index (χ1) is 20.1. The molecule has 42 heavy (non-hydrogen) atoms. The van der Waals surface area contributed by atoms with Gasteiger partial charge >= 0.3 is 6.18 Å². The summed E-state index contributed by atoms with van der Waals surface area (Å²) < 4.78 is 66.9. The fraction of sp³-hybridized carbons (Fsp3) is 0.345. The van der Waals surface area contributed by atoms with Crippen molar-refractivity contribution in [2.24, 2.45) is 13.0 Å². The Kier molecular flexibility index (Phi) is 8.59. The minimum Gasteiger partial charge on any atom is -0.457 e. The number of imidazole rings is 1. The summed E-state index contributed by atoms with van der Waals surface area (Å²) in [6, 6.07) is 10.7. The number of hydrogen-bond donors (Lipinski definition) is 3. The van der Waals surface area contributed by atoms with Crippen molar-refractivity contribution < 1.29 is 31.8 Å². The summed E-state index contributed by atoms with van der Waals surface area (Å²) in [6.07, 6.45) is -1.92. The molecule has 5 rings (SSSR count). The minimum absolute atomic E-state index is 0.000674.